The lowest BCUT2D eigenvalue weighted by atomic mass is 10.1. The number of halogens is 1. The average Bonchev–Trinajstić information content (AvgIpc) is 2.60. The molecule has 2 rings (SSSR count). The number of sulfonamides is 1. The normalized spacial score (nSPS) is 12.5. The third-order valence-electron chi connectivity index (χ3n) is 4.05. The first kappa shape index (κ1) is 19.9. The molecule has 2 aromatic rings. The third kappa shape index (κ3) is 4.60. The van der Waals surface area contributed by atoms with Crippen LogP contribution in [0, 0.1) is 5.82 Å². The lowest BCUT2D eigenvalue weighted by molar-refractivity contribution is -0.117. The third-order valence-corrected chi connectivity index (χ3v) is 5.22. The van der Waals surface area contributed by atoms with Crippen LogP contribution >= 0.6 is 0 Å². The number of amides is 1. The lowest BCUT2D eigenvalue weighted by Gasteiger charge is -2.30. The van der Waals surface area contributed by atoms with Gasteiger partial charge in [-0.15, -0.1) is 0 Å². The number of para-hydroxylation sites is 1. The molecule has 0 bridgehead atoms. The summed E-state index contributed by atoms with van der Waals surface area (Å²) in [6, 6.07) is 11.8. The fourth-order valence-electron chi connectivity index (χ4n) is 2.72. The molecule has 0 unspecified atom stereocenters. The molecule has 0 aliphatic heterocycles. The van der Waals surface area contributed by atoms with E-state index in [1.54, 1.807) is 19.1 Å². The summed E-state index contributed by atoms with van der Waals surface area (Å²) in [5.41, 5.74) is 1.55. The minimum Gasteiger partial charge on any atom is -0.324 e. The van der Waals surface area contributed by atoms with E-state index >= 15 is 0 Å². The van der Waals surface area contributed by atoms with E-state index in [1.165, 1.54) is 24.3 Å². The van der Waals surface area contributed by atoms with Crippen molar-refractivity contribution in [2.45, 2.75) is 32.7 Å². The molecule has 7 heteroatoms. The molecule has 2 aromatic carbocycles. The molecular formula is C19H23FN2O3S. The molecule has 0 aliphatic carbocycles. The van der Waals surface area contributed by atoms with Crippen LogP contribution < -0.4 is 9.62 Å². The average molecular weight is 378 g/mol. The van der Waals surface area contributed by atoms with Crippen LogP contribution in [0.4, 0.5) is 15.8 Å². The van der Waals surface area contributed by atoms with Crippen LogP contribution in [0.1, 0.15) is 25.8 Å². The van der Waals surface area contributed by atoms with Crippen molar-refractivity contribution in [3.8, 4) is 0 Å². The zero-order chi connectivity index (χ0) is 19.3. The Balaban J connectivity index is 2.35. The van der Waals surface area contributed by atoms with E-state index in [2.05, 4.69) is 5.32 Å². The van der Waals surface area contributed by atoms with Crippen LogP contribution in [0.5, 0.6) is 0 Å². The number of hydrogen-bond donors (Lipinski definition) is 1. The second kappa shape index (κ2) is 8.31. The predicted octanol–water partition coefficient (Wildman–Crippen LogP) is 3.57. The van der Waals surface area contributed by atoms with E-state index in [4.69, 9.17) is 0 Å². The van der Waals surface area contributed by atoms with Crippen molar-refractivity contribution in [3.05, 3.63) is 59.9 Å². The quantitative estimate of drug-likeness (QED) is 0.801. The molecule has 1 amide bonds. The molecule has 5 nitrogen and oxygen atoms in total. The number of aryl methyl sites for hydroxylation is 1. The number of carbonyl (C=O) groups excluding carboxylic acids is 1. The van der Waals surface area contributed by atoms with Gasteiger partial charge in [-0.25, -0.2) is 12.8 Å². The van der Waals surface area contributed by atoms with Crippen LogP contribution in [0.2, 0.25) is 0 Å². The highest BCUT2D eigenvalue weighted by atomic mass is 32.2. The molecule has 0 saturated carbocycles. The molecule has 0 fully saturated rings. The van der Waals surface area contributed by atoms with Gasteiger partial charge < -0.3 is 5.32 Å². The van der Waals surface area contributed by atoms with E-state index in [1.807, 2.05) is 19.1 Å². The van der Waals surface area contributed by atoms with E-state index in [-0.39, 0.29) is 12.1 Å². The summed E-state index contributed by atoms with van der Waals surface area (Å²) < 4.78 is 39.7. The van der Waals surface area contributed by atoms with E-state index in [0.717, 1.165) is 22.5 Å². The van der Waals surface area contributed by atoms with Crippen molar-refractivity contribution >= 4 is 27.3 Å². The Hall–Kier alpha value is -2.41. The van der Waals surface area contributed by atoms with Crippen LogP contribution in [-0.2, 0) is 21.2 Å². The smallest absolute Gasteiger partial charge is 0.248 e. The molecule has 0 radical (unpaired) electrons. The molecule has 1 N–H and O–H groups in total. The molecule has 0 aromatic heterocycles. The Morgan fingerprint density at radius 2 is 1.73 bits per heavy atom. The van der Waals surface area contributed by atoms with Gasteiger partial charge in [0.25, 0.3) is 0 Å². The molecular weight excluding hydrogens is 355 g/mol. The Labute approximate surface area is 153 Å². The van der Waals surface area contributed by atoms with E-state index in [9.17, 15) is 17.6 Å². The second-order valence-corrected chi connectivity index (χ2v) is 7.83. The van der Waals surface area contributed by atoms with Crippen molar-refractivity contribution in [3.63, 3.8) is 0 Å². The molecule has 0 heterocycles. The zero-order valence-corrected chi connectivity index (χ0v) is 15.9. The van der Waals surface area contributed by atoms with Crippen molar-refractivity contribution in [1.29, 1.82) is 0 Å². The number of carbonyl (C=O) groups is 1. The minimum atomic E-state index is -3.87. The summed E-state index contributed by atoms with van der Waals surface area (Å²) in [6.07, 6.45) is 2.03. The first-order chi connectivity index (χ1) is 12.3. The van der Waals surface area contributed by atoms with Gasteiger partial charge in [0, 0.05) is 5.69 Å². The first-order valence-corrected chi connectivity index (χ1v) is 10.3. The zero-order valence-electron chi connectivity index (χ0n) is 15.1. The number of benzene rings is 2. The largest absolute Gasteiger partial charge is 0.324 e. The van der Waals surface area contributed by atoms with Gasteiger partial charge in [0.15, 0.2) is 0 Å². The van der Waals surface area contributed by atoms with E-state index < -0.39 is 27.8 Å². The number of rotatable bonds is 7. The van der Waals surface area contributed by atoms with Crippen molar-refractivity contribution < 1.29 is 17.6 Å². The molecule has 0 spiro atoms. The molecule has 140 valence electrons. The van der Waals surface area contributed by atoms with Gasteiger partial charge in [-0.3, -0.25) is 9.10 Å². The van der Waals surface area contributed by atoms with Crippen LogP contribution in [0.25, 0.3) is 0 Å². The van der Waals surface area contributed by atoms with Crippen LogP contribution in [-0.4, -0.2) is 26.6 Å². The number of anilines is 2. The second-order valence-electron chi connectivity index (χ2n) is 5.97. The fraction of sp³-hybridized carbons (Fsp3) is 0.316. The fourth-order valence-corrected chi connectivity index (χ4v) is 3.93. The van der Waals surface area contributed by atoms with Gasteiger partial charge in [0.05, 0.1) is 11.9 Å². The van der Waals surface area contributed by atoms with Crippen LogP contribution in [0.3, 0.4) is 0 Å². The summed E-state index contributed by atoms with van der Waals surface area (Å²) in [4.78, 5) is 12.7. The van der Waals surface area contributed by atoms with Gasteiger partial charge in [0.2, 0.25) is 15.9 Å². The van der Waals surface area contributed by atoms with Gasteiger partial charge in [-0.2, -0.15) is 0 Å². The van der Waals surface area contributed by atoms with Crippen molar-refractivity contribution in [2.75, 3.05) is 15.9 Å². The van der Waals surface area contributed by atoms with Crippen molar-refractivity contribution in [1.82, 2.24) is 0 Å². The molecule has 1 atom stereocenters. The number of nitrogens with zero attached hydrogens (tertiary/aromatic N) is 1. The molecule has 0 saturated heterocycles. The lowest BCUT2D eigenvalue weighted by Crippen LogP contribution is -2.47. The molecule has 26 heavy (non-hydrogen) atoms. The monoisotopic (exact) mass is 378 g/mol. The summed E-state index contributed by atoms with van der Waals surface area (Å²) in [7, 11) is -3.87. The highest BCUT2D eigenvalue weighted by molar-refractivity contribution is 7.92. The summed E-state index contributed by atoms with van der Waals surface area (Å²) >= 11 is 0. The summed E-state index contributed by atoms with van der Waals surface area (Å²) in [5.74, 6) is -1.21. The van der Waals surface area contributed by atoms with Gasteiger partial charge in [0.1, 0.15) is 11.9 Å². The summed E-state index contributed by atoms with van der Waals surface area (Å²) in [5, 5.41) is 2.72. The van der Waals surface area contributed by atoms with Crippen LogP contribution in [0.15, 0.2) is 48.5 Å². The first-order valence-electron chi connectivity index (χ1n) is 8.41. The number of nitrogens with one attached hydrogen (secondary N) is 1. The number of hydrogen-bond acceptors (Lipinski definition) is 3. The Bertz CT molecular complexity index is 867. The van der Waals surface area contributed by atoms with Gasteiger partial charge >= 0.3 is 0 Å². The SMILES string of the molecule is CCc1ccc(NC(=O)[C@@H](CC)N(c2ccccc2F)S(C)(=O)=O)cc1. The maximum atomic E-state index is 14.2. The summed E-state index contributed by atoms with van der Waals surface area (Å²) in [6.45, 7) is 3.71. The Kier molecular flexibility index (Phi) is 6.37. The topological polar surface area (TPSA) is 66.5 Å². The minimum absolute atomic E-state index is 0.140. The molecule has 0 aliphatic rings. The highest BCUT2D eigenvalue weighted by Gasteiger charge is 2.33. The standard InChI is InChI=1S/C19H23FN2O3S/c1-4-14-10-12-15(13-11-14)21-19(23)17(5-2)22(26(3,24)25)18-9-7-6-8-16(18)20/h6-13,17H,4-5H2,1-3H3,(H,21,23)/t17-/m1/s1. The van der Waals surface area contributed by atoms with E-state index in [0.29, 0.717) is 5.69 Å². The Morgan fingerprint density at radius 1 is 1.12 bits per heavy atom. The van der Waals surface area contributed by atoms with Gasteiger partial charge in [-0.1, -0.05) is 38.1 Å². The predicted molar refractivity (Wildman–Crippen MR) is 102 cm³/mol. The maximum absolute atomic E-state index is 14.2. The Morgan fingerprint density at radius 3 is 2.23 bits per heavy atom. The van der Waals surface area contributed by atoms with Gasteiger partial charge in [-0.05, 0) is 42.7 Å². The van der Waals surface area contributed by atoms with Crippen molar-refractivity contribution in [2.24, 2.45) is 0 Å². The highest BCUT2D eigenvalue weighted by Crippen LogP contribution is 2.26. The maximum Gasteiger partial charge on any atom is 0.248 e.